The summed E-state index contributed by atoms with van der Waals surface area (Å²) in [5.74, 6) is -9.77. The van der Waals surface area contributed by atoms with Crippen molar-refractivity contribution >= 4 is 76.6 Å². The van der Waals surface area contributed by atoms with Crippen LogP contribution < -0.4 is 20.7 Å². The van der Waals surface area contributed by atoms with Gasteiger partial charge in [0.15, 0.2) is 0 Å². The lowest BCUT2D eigenvalue weighted by molar-refractivity contribution is -0.274. The lowest BCUT2D eigenvalue weighted by Gasteiger charge is -2.41. The topological polar surface area (TPSA) is 259 Å². The molecule has 0 radical (unpaired) electrons. The number of alkyl halides is 6. The van der Waals surface area contributed by atoms with Crippen molar-refractivity contribution in [1.82, 2.24) is 55.1 Å². The number of amides is 11. The lowest BCUT2D eigenvalue weighted by atomic mass is 9.91. The van der Waals surface area contributed by atoms with Crippen molar-refractivity contribution in [2.45, 2.75) is 186 Å². The van der Waals surface area contributed by atoms with Gasteiger partial charge in [-0.15, -0.1) is 13.2 Å². The van der Waals surface area contributed by atoms with Gasteiger partial charge in [-0.25, -0.2) is 0 Å². The molecular weight excluding hydrogens is 1290 g/mol. The van der Waals surface area contributed by atoms with Gasteiger partial charge in [0.1, 0.15) is 47.5 Å². The zero-order valence-corrected chi connectivity index (χ0v) is 58.0. The number of likely N-dealkylation sites (N-methyl/N-ethyl adjacent to an activating group) is 7. The first-order chi connectivity index (χ1) is 44.6. The highest BCUT2D eigenvalue weighted by Gasteiger charge is 2.50. The molecule has 3 N–H and O–H groups in total. The summed E-state index contributed by atoms with van der Waals surface area (Å²) in [5, 5.41) is 7.81. The van der Waals surface area contributed by atoms with Crippen molar-refractivity contribution < 1.29 is 83.8 Å². The number of hydrogen-bond donors (Lipinski definition) is 3. The molecule has 1 spiro atoms. The predicted octanol–water partition coefficient (Wildman–Crippen LogP) is 5.68. The van der Waals surface area contributed by atoms with Gasteiger partial charge in [-0.05, 0) is 105 Å². The molecule has 1 saturated carbocycles. The minimum Gasteiger partial charge on any atom is -0.406 e. The smallest absolute Gasteiger partial charge is 0.406 e. The Morgan fingerprint density at radius 1 is 0.646 bits per heavy atom. The molecule has 3 fully saturated rings. The molecule has 11 amide bonds. The average Bonchev–Trinajstić information content (AvgIpc) is 1.47. The summed E-state index contributed by atoms with van der Waals surface area (Å²) >= 11 is 6.09. The molecule has 0 aromatic heterocycles. The molecule has 23 nitrogen and oxygen atoms in total. The normalized spacial score (nSPS) is 24.5. The molecular formula is C66H94ClF6N11O12. The molecule has 0 bridgehead atoms. The van der Waals surface area contributed by atoms with E-state index in [4.69, 9.17) is 11.6 Å². The van der Waals surface area contributed by atoms with Crippen LogP contribution in [-0.4, -0.2) is 234 Å². The summed E-state index contributed by atoms with van der Waals surface area (Å²) in [6.07, 6.45) is -8.72. The molecule has 2 aromatic rings. The summed E-state index contributed by atoms with van der Waals surface area (Å²) in [5.41, 5.74) is -2.23. The number of ether oxygens (including phenoxy) is 1. The Kier molecular flexibility index (Phi) is 27.6. The third-order valence-corrected chi connectivity index (χ3v) is 18.8. The number of carbonyl (C=O) groups is 11. The predicted molar refractivity (Wildman–Crippen MR) is 343 cm³/mol. The summed E-state index contributed by atoms with van der Waals surface area (Å²) < 4.78 is 84.9. The minimum atomic E-state index is -5.05. The van der Waals surface area contributed by atoms with Crippen molar-refractivity contribution in [2.24, 2.45) is 17.8 Å². The van der Waals surface area contributed by atoms with E-state index in [2.05, 4.69) is 20.7 Å². The van der Waals surface area contributed by atoms with Gasteiger partial charge in [-0.3, -0.25) is 52.7 Å². The Labute approximate surface area is 562 Å². The van der Waals surface area contributed by atoms with Gasteiger partial charge < -0.3 is 59.9 Å². The van der Waals surface area contributed by atoms with Gasteiger partial charge in [0.25, 0.3) is 0 Å². The molecule has 2 heterocycles. The molecule has 2 aliphatic heterocycles. The van der Waals surface area contributed by atoms with Crippen LogP contribution in [-0.2, 0) is 71.8 Å². The molecule has 96 heavy (non-hydrogen) atoms. The fourth-order valence-corrected chi connectivity index (χ4v) is 12.8. The van der Waals surface area contributed by atoms with E-state index in [-0.39, 0.29) is 81.4 Å². The fraction of sp³-hybridized carbons (Fsp3) is 0.652. The quantitative estimate of drug-likeness (QED) is 0.230. The first-order valence-electron chi connectivity index (χ1n) is 32.3. The third-order valence-electron chi connectivity index (χ3n) is 18.5. The van der Waals surface area contributed by atoms with Gasteiger partial charge in [0, 0.05) is 74.8 Å². The first-order valence-corrected chi connectivity index (χ1v) is 32.7. The molecule has 0 unspecified atom stereocenters. The second-order valence-electron chi connectivity index (χ2n) is 26.6. The van der Waals surface area contributed by atoms with Crippen molar-refractivity contribution in [3.63, 3.8) is 0 Å². The molecule has 3 aliphatic rings. The van der Waals surface area contributed by atoms with E-state index in [1.54, 1.807) is 34.6 Å². The van der Waals surface area contributed by atoms with Crippen molar-refractivity contribution in [2.75, 3.05) is 75.5 Å². The standard InChI is InChI=1S/C66H94ClF6N11O12/c1-15-40(6)55-61(93)79(10)36-53(87)77(8)37-54(88)82(13)50(34-43-20-24-44(25-21-43)96-66(71,72)73)60(92)78(9)35-51(85)74-47(27-23-42-22-26-45(46(67)33-42)65(68,69)70)59(91)84-30-18-19-48(84)58(90)76-64(28-16-17-29-64)63(95)83(14)56(39(4)5)62(94)80(11)41(7)32-52(86)81(12)49(31-38(2)3)57(89)75-55/h20-22,24-26,33,38-41,47-50,55-56H,15-19,23,27-32,34-37H2,1-14H3,(H,74,85)(H,75,89)(H,76,90)/t40-,41+,47-,48-,49-,50-,55-,56-/m0/s1. The van der Waals surface area contributed by atoms with E-state index in [0.717, 1.165) is 49.9 Å². The van der Waals surface area contributed by atoms with Crippen LogP contribution in [0.15, 0.2) is 42.5 Å². The second-order valence-corrected chi connectivity index (χ2v) is 27.0. The van der Waals surface area contributed by atoms with E-state index in [0.29, 0.717) is 19.3 Å². The zero-order valence-electron chi connectivity index (χ0n) is 57.3. The van der Waals surface area contributed by atoms with Crippen molar-refractivity contribution in [3.8, 4) is 5.75 Å². The van der Waals surface area contributed by atoms with Gasteiger partial charge in [0.05, 0.1) is 30.2 Å². The fourth-order valence-electron chi connectivity index (χ4n) is 12.5. The van der Waals surface area contributed by atoms with Gasteiger partial charge in [-0.1, -0.05) is 90.6 Å². The maximum absolute atomic E-state index is 15.1. The highest BCUT2D eigenvalue weighted by molar-refractivity contribution is 6.31. The SMILES string of the molecule is CC[C@H](C)[C@@H]1NC(=O)[C@H](CC(C)C)N(C)C(=O)C[C@@H](C)N(C)C(=O)[C@H](C(C)C)N(C)C(=O)C2(CCCC2)NC(=O)[C@@H]2CCCN2C(=O)[C@H](CCc2ccc(C(F)(F)F)c(Cl)c2)NC(=O)CN(C)C(=O)[C@H](Cc2ccc(OC(F)(F)F)cc2)N(C)C(=O)CN(C)C(=O)CN(C)C1=O. The highest BCUT2D eigenvalue weighted by Crippen LogP contribution is 2.37. The number of benzene rings is 2. The molecule has 534 valence electrons. The monoisotopic (exact) mass is 1380 g/mol. The first kappa shape index (κ1) is 79.0. The molecule has 5 rings (SSSR count). The highest BCUT2D eigenvalue weighted by atomic mass is 35.5. The van der Waals surface area contributed by atoms with Crippen LogP contribution in [0.25, 0.3) is 0 Å². The van der Waals surface area contributed by atoms with E-state index < -0.39 is 173 Å². The summed E-state index contributed by atoms with van der Waals surface area (Å²) in [7, 11) is 9.39. The third kappa shape index (κ3) is 20.4. The lowest BCUT2D eigenvalue weighted by Crippen LogP contribution is -2.64. The van der Waals surface area contributed by atoms with E-state index in [1.165, 1.54) is 81.1 Å². The van der Waals surface area contributed by atoms with E-state index in [1.807, 2.05) is 13.8 Å². The Hall–Kier alpha value is -7.72. The van der Waals surface area contributed by atoms with Crippen LogP contribution in [0, 0.1) is 17.8 Å². The summed E-state index contributed by atoms with van der Waals surface area (Å²) in [6.45, 7) is 10.2. The number of hydrogen-bond acceptors (Lipinski definition) is 12. The van der Waals surface area contributed by atoms with Crippen LogP contribution in [0.4, 0.5) is 26.3 Å². The second kappa shape index (κ2) is 33.5. The van der Waals surface area contributed by atoms with Crippen LogP contribution in [0.5, 0.6) is 5.75 Å². The zero-order chi connectivity index (χ0) is 72.2. The Morgan fingerprint density at radius 2 is 1.23 bits per heavy atom. The number of fused-ring (bicyclic) bond motifs is 1. The number of nitrogens with one attached hydrogen (secondary N) is 3. The summed E-state index contributed by atoms with van der Waals surface area (Å²) in [6, 6.07) is -1.19. The average molecular weight is 1380 g/mol. The molecule has 1 aliphatic carbocycles. The largest absolute Gasteiger partial charge is 0.573 e. The van der Waals surface area contributed by atoms with Crippen molar-refractivity contribution in [3.05, 3.63) is 64.2 Å². The van der Waals surface area contributed by atoms with Crippen LogP contribution >= 0.6 is 11.6 Å². The van der Waals surface area contributed by atoms with Gasteiger partial charge >= 0.3 is 12.5 Å². The van der Waals surface area contributed by atoms with Gasteiger partial charge in [-0.2, -0.15) is 13.2 Å². The van der Waals surface area contributed by atoms with Crippen molar-refractivity contribution in [1.29, 1.82) is 0 Å². The molecule has 8 atom stereocenters. The maximum atomic E-state index is 15.1. The molecule has 2 saturated heterocycles. The number of nitrogens with zero attached hydrogens (tertiary/aromatic N) is 8. The number of halogens is 7. The van der Waals surface area contributed by atoms with Gasteiger partial charge in [0.2, 0.25) is 65.0 Å². The Morgan fingerprint density at radius 3 is 1.79 bits per heavy atom. The van der Waals surface area contributed by atoms with Crippen LogP contribution in [0.2, 0.25) is 5.02 Å². The van der Waals surface area contributed by atoms with E-state index >= 15 is 9.59 Å². The van der Waals surface area contributed by atoms with Crippen LogP contribution in [0.3, 0.4) is 0 Å². The number of rotatable bonds is 11. The Bertz CT molecular complexity index is 3150. The molecule has 30 heteroatoms. The number of carbonyl (C=O) groups excluding carboxylic acids is 11. The van der Waals surface area contributed by atoms with E-state index in [9.17, 15) is 69.5 Å². The maximum Gasteiger partial charge on any atom is 0.573 e. The summed E-state index contributed by atoms with van der Waals surface area (Å²) in [4.78, 5) is 169. The number of aryl methyl sites for hydroxylation is 1. The Balaban J connectivity index is 1.59. The molecule has 2 aromatic carbocycles. The van der Waals surface area contributed by atoms with Crippen LogP contribution in [0.1, 0.15) is 129 Å². The minimum absolute atomic E-state index is 0.0212.